The first-order valence-electron chi connectivity index (χ1n) is 4.45. The van der Waals surface area contributed by atoms with Crippen LogP contribution in [-0.4, -0.2) is 9.78 Å². The molecule has 0 saturated carbocycles. The lowest BCUT2D eigenvalue weighted by Crippen LogP contribution is -2.16. The van der Waals surface area contributed by atoms with Crippen molar-refractivity contribution in [2.75, 3.05) is 0 Å². The topological polar surface area (TPSA) is 17.8 Å². The number of hydrogen-bond acceptors (Lipinski definition) is 1. The molecule has 90 valence electrons. The molecular formula is C10H5ClF3IN2. The van der Waals surface area contributed by atoms with Crippen molar-refractivity contribution in [3.63, 3.8) is 0 Å². The lowest BCUT2D eigenvalue weighted by atomic mass is 10.1. The summed E-state index contributed by atoms with van der Waals surface area (Å²) in [6.07, 6.45) is -2.36. The van der Waals surface area contributed by atoms with Gasteiger partial charge in [-0.25, -0.2) is 0 Å². The quantitative estimate of drug-likeness (QED) is 0.683. The van der Waals surface area contributed by atoms with Gasteiger partial charge in [-0.3, -0.25) is 0 Å². The van der Waals surface area contributed by atoms with Crippen LogP contribution < -0.4 is 0 Å². The van der Waals surface area contributed by atoms with Gasteiger partial charge in [0.1, 0.15) is 0 Å². The average molecular weight is 373 g/mol. The zero-order valence-electron chi connectivity index (χ0n) is 8.17. The van der Waals surface area contributed by atoms with Gasteiger partial charge in [-0.2, -0.15) is 9.78 Å². The summed E-state index contributed by atoms with van der Waals surface area (Å²) in [5.41, 5.74) is 1.08. The van der Waals surface area contributed by atoms with Crippen molar-refractivity contribution in [1.29, 1.82) is 0 Å². The van der Waals surface area contributed by atoms with Crippen LogP contribution >= 0.6 is 34.2 Å². The molecule has 1 aromatic carbocycles. The highest BCUT2D eigenvalue weighted by Gasteiger charge is 2.31. The molecule has 1 aromatic heterocycles. The third kappa shape index (κ3) is 2.74. The molecule has 0 atom stereocenters. The number of aromatic nitrogens is 2. The Labute approximate surface area is 114 Å². The Morgan fingerprint density at radius 3 is 2.53 bits per heavy atom. The molecule has 2 nitrogen and oxygen atoms in total. The van der Waals surface area contributed by atoms with E-state index in [1.807, 2.05) is 22.6 Å². The first-order chi connectivity index (χ1) is 7.88. The highest BCUT2D eigenvalue weighted by atomic mass is 127. The van der Waals surface area contributed by atoms with Gasteiger partial charge in [-0.15, -0.1) is 13.2 Å². The van der Waals surface area contributed by atoms with Gasteiger partial charge in [-0.05, 0) is 40.3 Å². The summed E-state index contributed by atoms with van der Waals surface area (Å²) in [5, 5.41) is 3.83. The van der Waals surface area contributed by atoms with Crippen LogP contribution in [0.3, 0.4) is 0 Å². The van der Waals surface area contributed by atoms with E-state index in [1.54, 1.807) is 18.2 Å². The predicted octanol–water partition coefficient (Wildman–Crippen LogP) is 4.28. The van der Waals surface area contributed by atoms with Gasteiger partial charge < -0.3 is 0 Å². The van der Waals surface area contributed by atoms with E-state index >= 15 is 0 Å². The van der Waals surface area contributed by atoms with Crippen molar-refractivity contribution in [3.05, 3.63) is 39.2 Å². The van der Waals surface area contributed by atoms with E-state index in [4.69, 9.17) is 11.6 Å². The maximum atomic E-state index is 12.4. The molecule has 0 N–H and O–H groups in total. The summed E-state index contributed by atoms with van der Waals surface area (Å²) >= 11 is 7.79. The van der Waals surface area contributed by atoms with E-state index in [2.05, 4.69) is 5.10 Å². The summed E-state index contributed by atoms with van der Waals surface area (Å²) in [4.78, 5) is 0. The van der Waals surface area contributed by atoms with Crippen molar-refractivity contribution in [1.82, 2.24) is 9.78 Å². The molecule has 0 spiro atoms. The van der Waals surface area contributed by atoms with E-state index < -0.39 is 6.30 Å². The second-order valence-corrected chi connectivity index (χ2v) is 4.86. The Morgan fingerprint density at radius 1 is 1.29 bits per heavy atom. The lowest BCUT2D eigenvalue weighted by Gasteiger charge is -2.04. The third-order valence-corrected chi connectivity index (χ3v) is 3.21. The molecular weight excluding hydrogens is 367 g/mol. The van der Waals surface area contributed by atoms with Gasteiger partial charge in [0.15, 0.2) is 0 Å². The summed E-state index contributed by atoms with van der Waals surface area (Å²) in [6.45, 7) is 0. The van der Waals surface area contributed by atoms with E-state index in [0.717, 1.165) is 9.77 Å². The minimum absolute atomic E-state index is 0.0208. The molecule has 0 aliphatic rings. The minimum Gasteiger partial charge on any atom is -0.178 e. The van der Waals surface area contributed by atoms with E-state index in [0.29, 0.717) is 16.1 Å². The normalized spacial score (nSPS) is 11.8. The fraction of sp³-hybridized carbons (Fsp3) is 0.100. The SMILES string of the molecule is FC(F)(F)n1cc(-c2ccc(Cl)cc2I)cn1. The lowest BCUT2D eigenvalue weighted by molar-refractivity contribution is -0.212. The summed E-state index contributed by atoms with van der Waals surface area (Å²) in [5.74, 6) is 0. The predicted molar refractivity (Wildman–Crippen MR) is 66.7 cm³/mol. The van der Waals surface area contributed by atoms with Crippen LogP contribution in [0, 0.1) is 3.57 Å². The molecule has 1 heterocycles. The van der Waals surface area contributed by atoms with E-state index in [9.17, 15) is 13.2 Å². The van der Waals surface area contributed by atoms with Gasteiger partial charge in [0.2, 0.25) is 0 Å². The van der Waals surface area contributed by atoms with E-state index in [1.165, 1.54) is 6.20 Å². The molecule has 7 heteroatoms. The van der Waals surface area contributed by atoms with Crippen LogP contribution in [0.2, 0.25) is 5.02 Å². The van der Waals surface area contributed by atoms with Gasteiger partial charge in [0.05, 0.1) is 6.20 Å². The molecule has 2 rings (SSSR count). The molecule has 0 fully saturated rings. The van der Waals surface area contributed by atoms with Crippen molar-refractivity contribution in [2.24, 2.45) is 0 Å². The second kappa shape index (κ2) is 4.49. The minimum atomic E-state index is -4.49. The van der Waals surface area contributed by atoms with Crippen LogP contribution in [0.25, 0.3) is 11.1 Å². The summed E-state index contributed by atoms with van der Waals surface area (Å²) < 4.78 is 37.8. The van der Waals surface area contributed by atoms with Gasteiger partial charge >= 0.3 is 6.30 Å². The maximum absolute atomic E-state index is 12.4. The molecule has 17 heavy (non-hydrogen) atoms. The average Bonchev–Trinajstić information content (AvgIpc) is 2.65. The van der Waals surface area contributed by atoms with Crippen LogP contribution in [0.5, 0.6) is 0 Å². The Morgan fingerprint density at radius 2 is 2.00 bits per heavy atom. The Bertz CT molecular complexity index is 551. The van der Waals surface area contributed by atoms with Crippen molar-refractivity contribution in [3.8, 4) is 11.1 Å². The number of alkyl halides is 3. The smallest absolute Gasteiger partial charge is 0.178 e. The number of nitrogens with zero attached hydrogens (tertiary/aromatic N) is 2. The number of benzene rings is 1. The number of rotatable bonds is 1. The Balaban J connectivity index is 2.44. The Hall–Kier alpha value is -0.760. The van der Waals surface area contributed by atoms with Crippen molar-refractivity contribution < 1.29 is 13.2 Å². The molecule has 0 aliphatic heterocycles. The van der Waals surface area contributed by atoms with Gasteiger partial charge in [0.25, 0.3) is 0 Å². The number of hydrogen-bond donors (Lipinski definition) is 0. The van der Waals surface area contributed by atoms with Crippen LogP contribution in [-0.2, 0) is 6.30 Å². The molecule has 0 saturated heterocycles. The second-order valence-electron chi connectivity index (χ2n) is 3.27. The monoisotopic (exact) mass is 372 g/mol. The standard InChI is InChI=1S/C10H5ClF3IN2/c11-7-1-2-8(9(15)3-7)6-4-16-17(5-6)10(12,13)14/h1-5H. The maximum Gasteiger partial charge on any atom is 0.504 e. The fourth-order valence-corrected chi connectivity index (χ4v) is 2.51. The number of halogens is 5. The molecule has 0 radical (unpaired) electrons. The molecule has 0 aliphatic carbocycles. The highest BCUT2D eigenvalue weighted by molar-refractivity contribution is 14.1. The fourth-order valence-electron chi connectivity index (χ4n) is 1.32. The van der Waals surface area contributed by atoms with Crippen molar-refractivity contribution >= 4 is 34.2 Å². The zero-order chi connectivity index (χ0) is 12.6. The first-order valence-corrected chi connectivity index (χ1v) is 5.91. The van der Waals surface area contributed by atoms with Gasteiger partial charge in [-0.1, -0.05) is 17.7 Å². The van der Waals surface area contributed by atoms with Crippen molar-refractivity contribution in [2.45, 2.75) is 6.30 Å². The zero-order valence-corrected chi connectivity index (χ0v) is 11.1. The highest BCUT2D eigenvalue weighted by Crippen LogP contribution is 2.29. The summed E-state index contributed by atoms with van der Waals surface area (Å²) in [7, 11) is 0. The first kappa shape index (κ1) is 12.7. The largest absolute Gasteiger partial charge is 0.504 e. The Kier molecular flexibility index (Phi) is 3.35. The molecule has 0 bridgehead atoms. The third-order valence-electron chi connectivity index (χ3n) is 2.08. The molecule has 0 amide bonds. The molecule has 2 aromatic rings. The van der Waals surface area contributed by atoms with E-state index in [-0.39, 0.29) is 4.68 Å². The summed E-state index contributed by atoms with van der Waals surface area (Å²) in [6, 6.07) is 4.98. The van der Waals surface area contributed by atoms with Crippen LogP contribution in [0.15, 0.2) is 30.6 Å². The van der Waals surface area contributed by atoms with Crippen LogP contribution in [0.1, 0.15) is 0 Å². The molecule has 0 unspecified atom stereocenters. The van der Waals surface area contributed by atoms with Crippen LogP contribution in [0.4, 0.5) is 13.2 Å². The van der Waals surface area contributed by atoms with Gasteiger partial charge in [0, 0.05) is 20.4 Å².